The minimum Gasteiger partial charge on any atom is -0.496 e. The minimum absolute atomic E-state index is 0.156. The minimum atomic E-state index is -0.570. The molecule has 7 heteroatoms. The molecule has 0 fully saturated rings. The van der Waals surface area contributed by atoms with Gasteiger partial charge in [-0.3, -0.25) is 4.79 Å². The van der Waals surface area contributed by atoms with Gasteiger partial charge in [0.2, 0.25) is 0 Å². The standard InChI is InChI=1S/C20H20N2O5/c1-11-6-5-7-14-18(11)21-17(22-19(14)23)10-27-20(24)13-8-15(25-3)12(2)16(9-13)26-4/h5-9H,10H2,1-4H3,(H,21,22,23). The van der Waals surface area contributed by atoms with Crippen LogP contribution in [0.2, 0.25) is 0 Å². The summed E-state index contributed by atoms with van der Waals surface area (Å²) in [6.45, 7) is 3.55. The molecule has 0 aliphatic rings. The van der Waals surface area contributed by atoms with E-state index in [-0.39, 0.29) is 23.6 Å². The molecule has 0 spiro atoms. The van der Waals surface area contributed by atoms with Crippen molar-refractivity contribution in [2.45, 2.75) is 20.5 Å². The number of aromatic amines is 1. The number of nitrogens with one attached hydrogen (secondary N) is 1. The number of ether oxygens (including phenoxy) is 3. The maximum Gasteiger partial charge on any atom is 0.338 e. The summed E-state index contributed by atoms with van der Waals surface area (Å²) in [5.41, 5.74) is 2.26. The molecule has 0 aliphatic carbocycles. The average molecular weight is 368 g/mol. The molecule has 1 aromatic heterocycles. The molecule has 0 radical (unpaired) electrons. The number of benzene rings is 2. The summed E-state index contributed by atoms with van der Waals surface area (Å²) in [6, 6.07) is 8.54. The summed E-state index contributed by atoms with van der Waals surface area (Å²) in [5, 5.41) is 0.498. The van der Waals surface area contributed by atoms with Crippen LogP contribution in [0.25, 0.3) is 10.9 Å². The Morgan fingerprint density at radius 1 is 1.11 bits per heavy atom. The number of H-pyrrole nitrogens is 1. The largest absolute Gasteiger partial charge is 0.496 e. The molecule has 0 saturated carbocycles. The van der Waals surface area contributed by atoms with E-state index in [1.54, 1.807) is 24.3 Å². The Morgan fingerprint density at radius 2 is 1.78 bits per heavy atom. The van der Waals surface area contributed by atoms with Crippen molar-refractivity contribution in [2.75, 3.05) is 14.2 Å². The van der Waals surface area contributed by atoms with Gasteiger partial charge in [-0.15, -0.1) is 0 Å². The fourth-order valence-electron chi connectivity index (χ4n) is 2.84. The second-order valence-electron chi connectivity index (χ2n) is 6.07. The van der Waals surface area contributed by atoms with E-state index in [1.165, 1.54) is 14.2 Å². The topological polar surface area (TPSA) is 90.5 Å². The first-order valence-corrected chi connectivity index (χ1v) is 8.33. The Kier molecular flexibility index (Phi) is 5.12. The molecular formula is C20H20N2O5. The van der Waals surface area contributed by atoms with Gasteiger partial charge in [0.05, 0.1) is 30.7 Å². The van der Waals surface area contributed by atoms with E-state index >= 15 is 0 Å². The van der Waals surface area contributed by atoms with Crippen LogP contribution in [0.3, 0.4) is 0 Å². The maximum absolute atomic E-state index is 12.4. The number of nitrogens with zero attached hydrogens (tertiary/aromatic N) is 1. The van der Waals surface area contributed by atoms with Crippen molar-refractivity contribution in [1.82, 2.24) is 9.97 Å². The monoisotopic (exact) mass is 368 g/mol. The lowest BCUT2D eigenvalue weighted by molar-refractivity contribution is 0.0461. The Labute approximate surface area is 155 Å². The smallest absolute Gasteiger partial charge is 0.338 e. The maximum atomic E-state index is 12.4. The number of hydrogen-bond donors (Lipinski definition) is 1. The zero-order chi connectivity index (χ0) is 19.6. The van der Waals surface area contributed by atoms with Gasteiger partial charge in [0, 0.05) is 5.56 Å². The Hall–Kier alpha value is -3.35. The van der Waals surface area contributed by atoms with Gasteiger partial charge in [-0.25, -0.2) is 9.78 Å². The summed E-state index contributed by atoms with van der Waals surface area (Å²) >= 11 is 0. The van der Waals surface area contributed by atoms with Crippen LogP contribution in [0.15, 0.2) is 35.1 Å². The quantitative estimate of drug-likeness (QED) is 0.697. The van der Waals surface area contributed by atoms with Crippen LogP contribution in [-0.2, 0) is 11.3 Å². The first-order chi connectivity index (χ1) is 12.9. The second kappa shape index (κ2) is 7.49. The third-order valence-corrected chi connectivity index (χ3v) is 4.31. The third-order valence-electron chi connectivity index (χ3n) is 4.31. The van der Waals surface area contributed by atoms with Gasteiger partial charge in [0.15, 0.2) is 0 Å². The molecule has 0 unspecified atom stereocenters. The van der Waals surface area contributed by atoms with Crippen molar-refractivity contribution in [3.63, 3.8) is 0 Å². The molecule has 0 amide bonds. The molecule has 27 heavy (non-hydrogen) atoms. The van der Waals surface area contributed by atoms with Gasteiger partial charge in [-0.05, 0) is 37.6 Å². The number of carbonyl (C=O) groups excluding carboxylic acids is 1. The second-order valence-corrected chi connectivity index (χ2v) is 6.07. The van der Waals surface area contributed by atoms with Gasteiger partial charge in [-0.2, -0.15) is 0 Å². The highest BCUT2D eigenvalue weighted by molar-refractivity contribution is 5.90. The van der Waals surface area contributed by atoms with E-state index < -0.39 is 5.97 Å². The summed E-state index contributed by atoms with van der Waals surface area (Å²) in [4.78, 5) is 31.7. The van der Waals surface area contributed by atoms with E-state index in [0.29, 0.717) is 22.4 Å². The molecule has 3 aromatic rings. The molecule has 1 N–H and O–H groups in total. The van der Waals surface area contributed by atoms with E-state index in [0.717, 1.165) is 11.1 Å². The Bertz CT molecular complexity index is 1050. The van der Waals surface area contributed by atoms with Gasteiger partial charge < -0.3 is 19.2 Å². The highest BCUT2D eigenvalue weighted by Gasteiger charge is 2.15. The van der Waals surface area contributed by atoms with Crippen molar-refractivity contribution < 1.29 is 19.0 Å². The Morgan fingerprint density at radius 3 is 2.41 bits per heavy atom. The number of fused-ring (bicyclic) bond motifs is 1. The van der Waals surface area contributed by atoms with Gasteiger partial charge in [0.1, 0.15) is 23.9 Å². The van der Waals surface area contributed by atoms with Crippen LogP contribution >= 0.6 is 0 Å². The first kappa shape index (κ1) is 18.4. The summed E-state index contributed by atoms with van der Waals surface area (Å²) in [5.74, 6) is 0.753. The van der Waals surface area contributed by atoms with Crippen molar-refractivity contribution in [2.24, 2.45) is 0 Å². The number of carbonyl (C=O) groups is 1. The Balaban J connectivity index is 1.85. The molecule has 0 bridgehead atoms. The summed E-state index contributed by atoms with van der Waals surface area (Å²) in [6.07, 6.45) is 0. The number of rotatable bonds is 5. The van der Waals surface area contributed by atoms with Crippen LogP contribution in [-0.4, -0.2) is 30.2 Å². The molecule has 0 atom stereocenters. The fourth-order valence-corrected chi connectivity index (χ4v) is 2.84. The summed E-state index contributed by atoms with van der Waals surface area (Å²) < 4.78 is 15.9. The van der Waals surface area contributed by atoms with E-state index in [9.17, 15) is 9.59 Å². The zero-order valence-electron chi connectivity index (χ0n) is 15.6. The number of esters is 1. The van der Waals surface area contributed by atoms with Crippen LogP contribution in [0.4, 0.5) is 0 Å². The predicted molar refractivity (Wildman–Crippen MR) is 101 cm³/mol. The molecule has 0 saturated heterocycles. The van der Waals surface area contributed by atoms with Crippen LogP contribution in [0.5, 0.6) is 11.5 Å². The van der Waals surface area contributed by atoms with Crippen molar-refractivity contribution in [3.8, 4) is 11.5 Å². The van der Waals surface area contributed by atoms with E-state index in [1.807, 2.05) is 19.9 Å². The lowest BCUT2D eigenvalue weighted by atomic mass is 10.1. The molecule has 140 valence electrons. The lowest BCUT2D eigenvalue weighted by Crippen LogP contribution is -2.15. The average Bonchev–Trinajstić information content (AvgIpc) is 2.67. The van der Waals surface area contributed by atoms with Crippen molar-refractivity contribution in [1.29, 1.82) is 0 Å². The van der Waals surface area contributed by atoms with E-state index in [4.69, 9.17) is 14.2 Å². The van der Waals surface area contributed by atoms with Crippen molar-refractivity contribution in [3.05, 3.63) is 63.2 Å². The first-order valence-electron chi connectivity index (χ1n) is 8.33. The van der Waals surface area contributed by atoms with Crippen molar-refractivity contribution >= 4 is 16.9 Å². The van der Waals surface area contributed by atoms with Crippen LogP contribution in [0, 0.1) is 13.8 Å². The lowest BCUT2D eigenvalue weighted by Gasteiger charge is -2.12. The van der Waals surface area contributed by atoms with Crippen LogP contribution < -0.4 is 15.0 Å². The number of aryl methyl sites for hydroxylation is 1. The number of hydrogen-bond acceptors (Lipinski definition) is 6. The molecule has 7 nitrogen and oxygen atoms in total. The highest BCUT2D eigenvalue weighted by atomic mass is 16.5. The SMILES string of the molecule is COc1cc(C(=O)OCc2nc3c(C)cccc3c(=O)[nH]2)cc(OC)c1C. The number of para-hydroxylation sites is 1. The molecule has 1 heterocycles. The predicted octanol–water partition coefficient (Wildman–Crippen LogP) is 2.91. The normalized spacial score (nSPS) is 10.7. The van der Waals surface area contributed by atoms with Crippen LogP contribution in [0.1, 0.15) is 27.3 Å². The molecular weight excluding hydrogens is 348 g/mol. The zero-order valence-corrected chi connectivity index (χ0v) is 15.6. The van der Waals surface area contributed by atoms with Gasteiger partial charge >= 0.3 is 5.97 Å². The number of methoxy groups -OCH3 is 2. The fraction of sp³-hybridized carbons (Fsp3) is 0.250. The molecule has 3 rings (SSSR count). The molecule has 0 aliphatic heterocycles. The van der Waals surface area contributed by atoms with Gasteiger partial charge in [0.25, 0.3) is 5.56 Å². The van der Waals surface area contributed by atoms with E-state index in [2.05, 4.69) is 9.97 Å². The number of aromatic nitrogens is 2. The van der Waals surface area contributed by atoms with Gasteiger partial charge in [-0.1, -0.05) is 12.1 Å². The third kappa shape index (κ3) is 3.62. The molecule has 2 aromatic carbocycles. The highest BCUT2D eigenvalue weighted by Crippen LogP contribution is 2.29. The summed E-state index contributed by atoms with van der Waals surface area (Å²) in [7, 11) is 3.03.